The number of amides is 5. The van der Waals surface area contributed by atoms with Gasteiger partial charge in [-0.05, 0) is 30.5 Å². The first-order valence-corrected chi connectivity index (χ1v) is 13.6. The second-order valence-corrected chi connectivity index (χ2v) is 9.80. The van der Waals surface area contributed by atoms with E-state index in [1.165, 1.54) is 0 Å². The molecule has 0 aromatic heterocycles. The summed E-state index contributed by atoms with van der Waals surface area (Å²) in [7, 11) is 0. The monoisotopic (exact) mass is 549 g/mol. The summed E-state index contributed by atoms with van der Waals surface area (Å²) in [6.45, 7) is 1.78. The summed E-state index contributed by atoms with van der Waals surface area (Å²) >= 11 is 0. The van der Waals surface area contributed by atoms with Gasteiger partial charge in [0.2, 0.25) is 23.6 Å². The van der Waals surface area contributed by atoms with Gasteiger partial charge in [-0.2, -0.15) is 0 Å². The van der Waals surface area contributed by atoms with Crippen LogP contribution in [0.15, 0.2) is 54.6 Å². The van der Waals surface area contributed by atoms with E-state index in [-0.39, 0.29) is 49.9 Å². The first-order valence-electron chi connectivity index (χ1n) is 13.6. The number of fused-ring (bicyclic) bond motifs is 1. The van der Waals surface area contributed by atoms with Crippen LogP contribution in [0.4, 0.5) is 0 Å². The van der Waals surface area contributed by atoms with Gasteiger partial charge < -0.3 is 30.9 Å². The lowest BCUT2D eigenvalue weighted by Gasteiger charge is -2.23. The first-order chi connectivity index (χ1) is 19.4. The summed E-state index contributed by atoms with van der Waals surface area (Å²) in [5, 5.41) is 10.9. The van der Waals surface area contributed by atoms with Crippen molar-refractivity contribution >= 4 is 29.5 Å². The summed E-state index contributed by atoms with van der Waals surface area (Å²) in [4.78, 5) is 66.0. The predicted molar refractivity (Wildman–Crippen MR) is 146 cm³/mol. The molecule has 2 aromatic carbocycles. The molecular formula is C29H35N5O6. The number of nitrogens with one attached hydrogen (secondary N) is 4. The normalized spacial score (nSPS) is 20.4. The third-order valence-electron chi connectivity index (χ3n) is 6.81. The molecule has 5 amide bonds. The highest BCUT2D eigenvalue weighted by atomic mass is 16.5. The standard InChI is InChI=1S/C29H35N5O6/c35-25-19-23(29(39)30-13-7-16-34-15-6-12-26(34)36)33-27(37)21-10-4-5-11-24(21)40-17-14-31-28(38)22(32-25)18-20-8-2-1-3-9-20/h1-5,8-11,22-23H,6-7,12-19H2,(H,30,39)(H,31,38)(H,32,35)(H,33,37)/t22-,23-/m0/s1. The highest BCUT2D eigenvalue weighted by molar-refractivity contribution is 6.01. The van der Waals surface area contributed by atoms with Crippen LogP contribution in [0.2, 0.25) is 0 Å². The Morgan fingerprint density at radius 3 is 2.55 bits per heavy atom. The second-order valence-electron chi connectivity index (χ2n) is 9.80. The van der Waals surface area contributed by atoms with Crippen LogP contribution < -0.4 is 26.0 Å². The summed E-state index contributed by atoms with van der Waals surface area (Å²) in [6, 6.07) is 13.8. The zero-order valence-electron chi connectivity index (χ0n) is 22.3. The lowest BCUT2D eigenvalue weighted by Crippen LogP contribution is -2.53. The lowest BCUT2D eigenvalue weighted by molar-refractivity contribution is -0.131. The highest BCUT2D eigenvalue weighted by Gasteiger charge is 2.29. The van der Waals surface area contributed by atoms with Crippen molar-refractivity contribution in [3.05, 3.63) is 65.7 Å². The fourth-order valence-electron chi connectivity index (χ4n) is 4.73. The Balaban J connectivity index is 1.48. The van der Waals surface area contributed by atoms with Gasteiger partial charge in [0.25, 0.3) is 5.91 Å². The van der Waals surface area contributed by atoms with Gasteiger partial charge in [0.1, 0.15) is 24.4 Å². The van der Waals surface area contributed by atoms with Crippen molar-refractivity contribution in [2.75, 3.05) is 32.8 Å². The summed E-state index contributed by atoms with van der Waals surface area (Å²) in [5.41, 5.74) is 1.06. The van der Waals surface area contributed by atoms with Crippen molar-refractivity contribution in [2.45, 2.75) is 44.2 Å². The minimum Gasteiger partial charge on any atom is -0.491 e. The maximum Gasteiger partial charge on any atom is 0.255 e. The van der Waals surface area contributed by atoms with E-state index in [4.69, 9.17) is 4.74 Å². The number of hydrogen-bond donors (Lipinski definition) is 4. The SMILES string of the molecule is O=C1C[C@@H](C(=O)NCCCN2CCCC2=O)NC(=O)c2ccccc2OCCNC(=O)[C@H](Cc2ccccc2)N1. The van der Waals surface area contributed by atoms with E-state index in [1.807, 2.05) is 30.3 Å². The van der Waals surface area contributed by atoms with Crippen molar-refractivity contribution in [1.82, 2.24) is 26.2 Å². The van der Waals surface area contributed by atoms with Gasteiger partial charge in [-0.25, -0.2) is 0 Å². The zero-order chi connectivity index (χ0) is 28.3. The number of carbonyl (C=O) groups is 5. The maximum atomic E-state index is 13.2. The number of ether oxygens (including phenoxy) is 1. The van der Waals surface area contributed by atoms with Gasteiger partial charge in [-0.3, -0.25) is 24.0 Å². The minimum atomic E-state index is -1.20. The number of rotatable bonds is 7. The lowest BCUT2D eigenvalue weighted by atomic mass is 10.0. The molecule has 2 aliphatic heterocycles. The first kappa shape index (κ1) is 28.6. The van der Waals surface area contributed by atoms with Crippen molar-refractivity contribution in [2.24, 2.45) is 0 Å². The van der Waals surface area contributed by atoms with Crippen molar-refractivity contribution in [3.8, 4) is 5.75 Å². The third kappa shape index (κ3) is 8.05. The molecule has 2 aromatic rings. The number of carbonyl (C=O) groups excluding carboxylic acids is 5. The molecule has 4 rings (SSSR count). The molecule has 40 heavy (non-hydrogen) atoms. The minimum absolute atomic E-state index is 0.103. The number of para-hydroxylation sites is 1. The Hall–Kier alpha value is -4.41. The van der Waals surface area contributed by atoms with Gasteiger partial charge in [-0.15, -0.1) is 0 Å². The van der Waals surface area contributed by atoms with Gasteiger partial charge in [-0.1, -0.05) is 42.5 Å². The van der Waals surface area contributed by atoms with Gasteiger partial charge in [0, 0.05) is 32.5 Å². The van der Waals surface area contributed by atoms with Crippen LogP contribution in [0.25, 0.3) is 0 Å². The van der Waals surface area contributed by atoms with Crippen LogP contribution in [0.3, 0.4) is 0 Å². The molecule has 212 valence electrons. The highest BCUT2D eigenvalue weighted by Crippen LogP contribution is 2.18. The van der Waals surface area contributed by atoms with Crippen LogP contribution in [0, 0.1) is 0 Å². The molecule has 0 unspecified atom stereocenters. The van der Waals surface area contributed by atoms with Crippen molar-refractivity contribution in [3.63, 3.8) is 0 Å². The van der Waals surface area contributed by atoms with Gasteiger partial charge in [0.15, 0.2) is 0 Å². The van der Waals surface area contributed by atoms with Gasteiger partial charge >= 0.3 is 0 Å². The molecule has 2 aliphatic rings. The van der Waals surface area contributed by atoms with E-state index in [2.05, 4.69) is 21.3 Å². The number of likely N-dealkylation sites (tertiary alicyclic amines) is 1. The molecular weight excluding hydrogens is 514 g/mol. The van der Waals surface area contributed by atoms with Gasteiger partial charge in [0.05, 0.1) is 18.5 Å². The molecule has 0 spiro atoms. The molecule has 2 atom stereocenters. The quantitative estimate of drug-likeness (QED) is 0.371. The van der Waals surface area contributed by atoms with E-state index < -0.39 is 29.8 Å². The molecule has 2 heterocycles. The van der Waals surface area contributed by atoms with Crippen molar-refractivity contribution < 1.29 is 28.7 Å². The van der Waals surface area contributed by atoms with Crippen LogP contribution in [-0.4, -0.2) is 79.3 Å². The molecule has 0 aliphatic carbocycles. The molecule has 11 nitrogen and oxygen atoms in total. The van der Waals surface area contributed by atoms with Crippen LogP contribution in [0.5, 0.6) is 5.75 Å². The Kier molecular flexibility index (Phi) is 10.1. The number of hydrogen-bond acceptors (Lipinski definition) is 6. The van der Waals surface area contributed by atoms with Crippen LogP contribution in [0.1, 0.15) is 41.6 Å². The van der Waals surface area contributed by atoms with Crippen LogP contribution >= 0.6 is 0 Å². The second kappa shape index (κ2) is 14.1. The van der Waals surface area contributed by atoms with Crippen molar-refractivity contribution in [1.29, 1.82) is 0 Å². The Morgan fingerprint density at radius 1 is 1.00 bits per heavy atom. The molecule has 0 bridgehead atoms. The average Bonchev–Trinajstić information content (AvgIpc) is 3.37. The largest absolute Gasteiger partial charge is 0.491 e. The van der Waals surface area contributed by atoms with E-state index in [9.17, 15) is 24.0 Å². The molecule has 11 heteroatoms. The zero-order valence-corrected chi connectivity index (χ0v) is 22.3. The topological polar surface area (TPSA) is 146 Å². The van der Waals surface area contributed by atoms with E-state index in [0.717, 1.165) is 12.0 Å². The number of nitrogens with zero attached hydrogens (tertiary/aromatic N) is 1. The Morgan fingerprint density at radius 2 is 1.77 bits per heavy atom. The third-order valence-corrected chi connectivity index (χ3v) is 6.81. The number of benzene rings is 2. The average molecular weight is 550 g/mol. The van der Waals surface area contributed by atoms with Crippen LogP contribution in [-0.2, 0) is 25.6 Å². The van der Waals surface area contributed by atoms with E-state index in [0.29, 0.717) is 31.7 Å². The predicted octanol–water partition coefficient (Wildman–Crippen LogP) is 0.540. The van der Waals surface area contributed by atoms with E-state index in [1.54, 1.807) is 29.2 Å². The smallest absolute Gasteiger partial charge is 0.255 e. The molecule has 0 radical (unpaired) electrons. The molecule has 1 fully saturated rings. The Labute approximate surface area is 233 Å². The fourth-order valence-corrected chi connectivity index (χ4v) is 4.73. The summed E-state index contributed by atoms with van der Waals surface area (Å²) in [5.74, 6) is -1.63. The maximum absolute atomic E-state index is 13.2. The Bertz CT molecular complexity index is 1220. The summed E-state index contributed by atoms with van der Waals surface area (Å²) < 4.78 is 5.76. The molecule has 4 N–H and O–H groups in total. The molecule has 1 saturated heterocycles. The summed E-state index contributed by atoms with van der Waals surface area (Å²) in [6.07, 6.45) is 1.80. The fraction of sp³-hybridized carbons (Fsp3) is 0.414. The molecule has 0 saturated carbocycles. The van der Waals surface area contributed by atoms with E-state index >= 15 is 0 Å².